The van der Waals surface area contributed by atoms with Gasteiger partial charge in [0.2, 0.25) is 0 Å². The lowest BCUT2D eigenvalue weighted by Gasteiger charge is -2.20. The Hall–Kier alpha value is -2.31. The molecule has 0 bridgehead atoms. The molecule has 0 aliphatic heterocycles. The van der Waals surface area contributed by atoms with Crippen LogP contribution in [0.1, 0.15) is 36.1 Å². The second-order valence-electron chi connectivity index (χ2n) is 4.90. The average Bonchev–Trinajstić information content (AvgIpc) is 2.56. The summed E-state index contributed by atoms with van der Waals surface area (Å²) in [6, 6.07) is 18.2. The molecule has 0 aliphatic carbocycles. The van der Waals surface area contributed by atoms with Crippen molar-refractivity contribution in [2.24, 2.45) is 0 Å². The number of hydrogen-bond acceptors (Lipinski definition) is 3. The molecule has 108 valence electrons. The highest BCUT2D eigenvalue weighted by atomic mass is 16.5. The zero-order valence-electron chi connectivity index (χ0n) is 12.5. The zero-order chi connectivity index (χ0) is 15.1. The molecule has 0 heterocycles. The summed E-state index contributed by atoms with van der Waals surface area (Å²) in [7, 11) is 1.70. The second-order valence-corrected chi connectivity index (χ2v) is 4.90. The molecule has 0 radical (unpaired) electrons. The fourth-order valence-corrected chi connectivity index (χ4v) is 2.42. The number of nitriles is 1. The molecule has 1 N–H and O–H groups in total. The van der Waals surface area contributed by atoms with Crippen molar-refractivity contribution in [1.82, 2.24) is 5.32 Å². The van der Waals surface area contributed by atoms with E-state index >= 15 is 0 Å². The van der Waals surface area contributed by atoms with Crippen molar-refractivity contribution in [2.45, 2.75) is 25.9 Å². The van der Waals surface area contributed by atoms with Gasteiger partial charge in [-0.15, -0.1) is 0 Å². The Bertz CT molecular complexity index is 631. The van der Waals surface area contributed by atoms with Crippen LogP contribution >= 0.6 is 0 Å². The highest BCUT2D eigenvalue weighted by Crippen LogP contribution is 2.27. The first-order chi connectivity index (χ1) is 10.3. The average molecular weight is 280 g/mol. The van der Waals surface area contributed by atoms with Crippen LogP contribution in [0.25, 0.3) is 0 Å². The Balaban J connectivity index is 2.11. The van der Waals surface area contributed by atoms with Gasteiger partial charge in [-0.2, -0.15) is 5.26 Å². The van der Waals surface area contributed by atoms with E-state index in [1.807, 2.05) is 42.5 Å². The van der Waals surface area contributed by atoms with Crippen LogP contribution < -0.4 is 10.1 Å². The minimum Gasteiger partial charge on any atom is -0.496 e. The van der Waals surface area contributed by atoms with Crippen molar-refractivity contribution in [3.8, 4) is 11.8 Å². The minimum absolute atomic E-state index is 0.229. The standard InChI is InChI=1S/C18H20N2O/c1-3-17(16-9-4-5-10-18(16)21-2)20-13-15-8-6-7-14(11-15)12-19/h4-11,17,20H,3,13H2,1-2H3/t17-/m1/s1. The van der Waals surface area contributed by atoms with Gasteiger partial charge in [-0.25, -0.2) is 0 Å². The fourth-order valence-electron chi connectivity index (χ4n) is 2.42. The summed E-state index contributed by atoms with van der Waals surface area (Å²) >= 11 is 0. The predicted octanol–water partition coefficient (Wildman–Crippen LogP) is 3.81. The number of nitrogens with one attached hydrogen (secondary N) is 1. The highest BCUT2D eigenvalue weighted by molar-refractivity contribution is 5.36. The maximum absolute atomic E-state index is 8.94. The molecular weight excluding hydrogens is 260 g/mol. The van der Waals surface area contributed by atoms with Gasteiger partial charge in [0.15, 0.2) is 0 Å². The van der Waals surface area contributed by atoms with Crippen molar-refractivity contribution in [2.75, 3.05) is 7.11 Å². The van der Waals surface area contributed by atoms with Crippen LogP contribution in [0.15, 0.2) is 48.5 Å². The van der Waals surface area contributed by atoms with Crippen molar-refractivity contribution < 1.29 is 4.74 Å². The molecule has 2 aromatic rings. The molecule has 1 atom stereocenters. The molecule has 0 fully saturated rings. The monoisotopic (exact) mass is 280 g/mol. The van der Waals surface area contributed by atoms with E-state index in [2.05, 4.69) is 24.4 Å². The van der Waals surface area contributed by atoms with Gasteiger partial charge in [0.1, 0.15) is 5.75 Å². The smallest absolute Gasteiger partial charge is 0.123 e. The molecule has 0 aliphatic rings. The van der Waals surface area contributed by atoms with Gasteiger partial charge in [0, 0.05) is 18.2 Å². The summed E-state index contributed by atoms with van der Waals surface area (Å²) < 4.78 is 5.43. The first-order valence-corrected chi connectivity index (χ1v) is 7.13. The lowest BCUT2D eigenvalue weighted by molar-refractivity contribution is 0.396. The largest absolute Gasteiger partial charge is 0.496 e. The van der Waals surface area contributed by atoms with E-state index in [4.69, 9.17) is 10.00 Å². The van der Waals surface area contributed by atoms with E-state index in [1.165, 1.54) is 5.56 Å². The quantitative estimate of drug-likeness (QED) is 0.875. The number of para-hydroxylation sites is 1. The Morgan fingerprint density at radius 2 is 2.00 bits per heavy atom. The summed E-state index contributed by atoms with van der Waals surface area (Å²) in [5, 5.41) is 12.5. The third-order valence-corrected chi connectivity index (χ3v) is 3.53. The molecule has 2 rings (SSSR count). The van der Waals surface area contributed by atoms with Gasteiger partial charge in [0.25, 0.3) is 0 Å². The van der Waals surface area contributed by atoms with E-state index in [0.717, 1.165) is 24.3 Å². The molecular formula is C18H20N2O. The molecule has 3 heteroatoms. The first-order valence-electron chi connectivity index (χ1n) is 7.13. The van der Waals surface area contributed by atoms with Crippen LogP contribution in [-0.4, -0.2) is 7.11 Å². The minimum atomic E-state index is 0.229. The first kappa shape index (κ1) is 15.1. The molecule has 0 saturated carbocycles. The summed E-state index contributed by atoms with van der Waals surface area (Å²) in [6.45, 7) is 2.88. The molecule has 0 amide bonds. The molecule has 0 spiro atoms. The molecule has 0 aromatic heterocycles. The second kappa shape index (κ2) is 7.47. The van der Waals surface area contributed by atoms with Crippen LogP contribution in [-0.2, 0) is 6.54 Å². The van der Waals surface area contributed by atoms with Crippen LogP contribution in [0.3, 0.4) is 0 Å². The summed E-state index contributed by atoms with van der Waals surface area (Å²) in [5.74, 6) is 0.905. The van der Waals surface area contributed by atoms with E-state index in [0.29, 0.717) is 5.56 Å². The number of hydrogen-bond donors (Lipinski definition) is 1. The third-order valence-electron chi connectivity index (χ3n) is 3.53. The Kier molecular flexibility index (Phi) is 5.36. The van der Waals surface area contributed by atoms with Crippen molar-refractivity contribution in [3.63, 3.8) is 0 Å². The normalized spacial score (nSPS) is 11.7. The van der Waals surface area contributed by atoms with Gasteiger partial charge in [-0.05, 0) is 30.2 Å². The summed E-state index contributed by atoms with van der Waals surface area (Å²) in [6.07, 6.45) is 0.971. The van der Waals surface area contributed by atoms with Crippen molar-refractivity contribution >= 4 is 0 Å². The van der Waals surface area contributed by atoms with Crippen LogP contribution in [0.4, 0.5) is 0 Å². The topological polar surface area (TPSA) is 45.0 Å². The molecule has 21 heavy (non-hydrogen) atoms. The summed E-state index contributed by atoms with van der Waals surface area (Å²) in [4.78, 5) is 0. The predicted molar refractivity (Wildman–Crippen MR) is 84.0 cm³/mol. The number of benzene rings is 2. The zero-order valence-corrected chi connectivity index (χ0v) is 12.5. The van der Waals surface area contributed by atoms with Gasteiger partial charge in [-0.3, -0.25) is 0 Å². The van der Waals surface area contributed by atoms with Gasteiger partial charge >= 0.3 is 0 Å². The van der Waals surface area contributed by atoms with Gasteiger partial charge in [-0.1, -0.05) is 37.3 Å². The molecule has 2 aromatic carbocycles. The fraction of sp³-hybridized carbons (Fsp3) is 0.278. The van der Waals surface area contributed by atoms with E-state index in [1.54, 1.807) is 7.11 Å². The van der Waals surface area contributed by atoms with Gasteiger partial charge < -0.3 is 10.1 Å². The lowest BCUT2D eigenvalue weighted by atomic mass is 10.0. The lowest BCUT2D eigenvalue weighted by Crippen LogP contribution is -2.20. The number of ether oxygens (including phenoxy) is 1. The number of rotatable bonds is 6. The van der Waals surface area contributed by atoms with Crippen LogP contribution in [0.2, 0.25) is 0 Å². The van der Waals surface area contributed by atoms with Crippen LogP contribution in [0, 0.1) is 11.3 Å². The van der Waals surface area contributed by atoms with Gasteiger partial charge in [0.05, 0.1) is 18.7 Å². The third kappa shape index (κ3) is 3.84. The Morgan fingerprint density at radius 3 is 2.71 bits per heavy atom. The van der Waals surface area contributed by atoms with Crippen molar-refractivity contribution in [1.29, 1.82) is 5.26 Å². The number of nitrogens with zero attached hydrogens (tertiary/aromatic N) is 1. The van der Waals surface area contributed by atoms with E-state index < -0.39 is 0 Å². The highest BCUT2D eigenvalue weighted by Gasteiger charge is 2.13. The molecule has 0 unspecified atom stereocenters. The Labute approximate surface area is 126 Å². The van der Waals surface area contributed by atoms with Crippen LogP contribution in [0.5, 0.6) is 5.75 Å². The van der Waals surface area contributed by atoms with E-state index in [9.17, 15) is 0 Å². The maximum Gasteiger partial charge on any atom is 0.123 e. The van der Waals surface area contributed by atoms with Crippen molar-refractivity contribution in [3.05, 3.63) is 65.2 Å². The number of methoxy groups -OCH3 is 1. The maximum atomic E-state index is 8.94. The van der Waals surface area contributed by atoms with E-state index in [-0.39, 0.29) is 6.04 Å². The molecule has 0 saturated heterocycles. The SMILES string of the molecule is CC[C@@H](NCc1cccc(C#N)c1)c1ccccc1OC. The molecule has 3 nitrogen and oxygen atoms in total. The Morgan fingerprint density at radius 1 is 1.19 bits per heavy atom. The summed E-state index contributed by atoms with van der Waals surface area (Å²) in [5.41, 5.74) is 2.97.